The van der Waals surface area contributed by atoms with E-state index in [-0.39, 0.29) is 16.7 Å². The van der Waals surface area contributed by atoms with E-state index < -0.39 is 0 Å². The first-order chi connectivity index (χ1) is 11.4. The fourth-order valence-corrected chi connectivity index (χ4v) is 2.68. The van der Waals surface area contributed by atoms with Crippen LogP contribution in [0.25, 0.3) is 5.69 Å². The molecule has 7 nitrogen and oxygen atoms in total. The Labute approximate surface area is 146 Å². The van der Waals surface area contributed by atoms with Crippen LogP contribution >= 0.6 is 11.8 Å². The standard InChI is InChI=1S/C16H23N5O2S/c1-6-16(3,4)17-14(22)11(2)24-15-18-19-20-21(15)12-7-9-13(23-5)10-8-12/h7-11H,6H2,1-5H3,(H,17,22). The number of nitrogens with one attached hydrogen (secondary N) is 1. The maximum absolute atomic E-state index is 12.3. The molecule has 1 unspecified atom stereocenters. The molecule has 0 radical (unpaired) electrons. The molecular weight excluding hydrogens is 326 g/mol. The lowest BCUT2D eigenvalue weighted by molar-refractivity contribution is -0.121. The molecule has 1 aromatic heterocycles. The van der Waals surface area contributed by atoms with Gasteiger partial charge in [-0.15, -0.1) is 5.10 Å². The summed E-state index contributed by atoms with van der Waals surface area (Å²) in [5, 5.41) is 15.1. The highest BCUT2D eigenvalue weighted by Crippen LogP contribution is 2.24. The number of carbonyl (C=O) groups excluding carboxylic acids is 1. The maximum atomic E-state index is 12.3. The third kappa shape index (κ3) is 4.47. The summed E-state index contributed by atoms with van der Waals surface area (Å²) >= 11 is 1.32. The van der Waals surface area contributed by atoms with E-state index in [4.69, 9.17) is 4.74 Å². The molecule has 0 fully saturated rings. The maximum Gasteiger partial charge on any atom is 0.233 e. The number of thioether (sulfide) groups is 1. The van der Waals surface area contributed by atoms with Gasteiger partial charge in [0.2, 0.25) is 11.1 Å². The molecule has 1 amide bonds. The molecule has 2 aromatic rings. The third-order valence-electron chi connectivity index (χ3n) is 3.75. The van der Waals surface area contributed by atoms with E-state index in [1.54, 1.807) is 11.8 Å². The number of benzene rings is 1. The minimum absolute atomic E-state index is 0.0314. The molecule has 0 aliphatic heterocycles. The summed E-state index contributed by atoms with van der Waals surface area (Å²) in [4.78, 5) is 12.3. The van der Waals surface area contributed by atoms with Gasteiger partial charge >= 0.3 is 0 Å². The van der Waals surface area contributed by atoms with Gasteiger partial charge in [-0.25, -0.2) is 0 Å². The summed E-state index contributed by atoms with van der Waals surface area (Å²) in [5.74, 6) is 0.728. The topological polar surface area (TPSA) is 81.9 Å². The van der Waals surface area contributed by atoms with Gasteiger partial charge in [-0.05, 0) is 61.9 Å². The van der Waals surface area contributed by atoms with Crippen LogP contribution in [0, 0.1) is 0 Å². The molecule has 0 aliphatic carbocycles. The number of amides is 1. The molecule has 0 saturated carbocycles. The van der Waals surface area contributed by atoms with Crippen LogP contribution in [0.3, 0.4) is 0 Å². The summed E-state index contributed by atoms with van der Waals surface area (Å²) in [7, 11) is 1.62. The van der Waals surface area contributed by atoms with Crippen molar-refractivity contribution in [2.45, 2.75) is 50.1 Å². The summed E-state index contributed by atoms with van der Waals surface area (Å²) in [6.45, 7) is 7.90. The lowest BCUT2D eigenvalue weighted by Gasteiger charge is -2.26. The van der Waals surface area contributed by atoms with Crippen LogP contribution in [-0.4, -0.2) is 44.0 Å². The first kappa shape index (κ1) is 18.3. The third-order valence-corrected chi connectivity index (χ3v) is 4.79. The van der Waals surface area contributed by atoms with E-state index >= 15 is 0 Å². The minimum atomic E-state index is -0.307. The average molecular weight is 349 g/mol. The van der Waals surface area contributed by atoms with E-state index in [9.17, 15) is 4.79 Å². The number of carbonyl (C=O) groups is 1. The van der Waals surface area contributed by atoms with Gasteiger partial charge in [0.25, 0.3) is 0 Å². The Morgan fingerprint density at radius 2 is 2.04 bits per heavy atom. The van der Waals surface area contributed by atoms with Crippen molar-refractivity contribution in [2.75, 3.05) is 7.11 Å². The van der Waals surface area contributed by atoms with E-state index in [0.717, 1.165) is 17.9 Å². The van der Waals surface area contributed by atoms with E-state index in [1.807, 2.05) is 52.0 Å². The smallest absolute Gasteiger partial charge is 0.233 e. The number of hydrogen-bond acceptors (Lipinski definition) is 6. The highest BCUT2D eigenvalue weighted by molar-refractivity contribution is 8.00. The molecule has 1 heterocycles. The number of nitrogens with zero attached hydrogens (tertiary/aromatic N) is 4. The Balaban J connectivity index is 2.11. The zero-order valence-electron chi connectivity index (χ0n) is 14.6. The van der Waals surface area contributed by atoms with Crippen LogP contribution in [0.5, 0.6) is 5.75 Å². The van der Waals surface area contributed by atoms with Crippen molar-refractivity contribution in [3.05, 3.63) is 24.3 Å². The van der Waals surface area contributed by atoms with Gasteiger partial charge in [-0.1, -0.05) is 18.7 Å². The first-order valence-electron chi connectivity index (χ1n) is 7.78. The van der Waals surface area contributed by atoms with Gasteiger partial charge in [0, 0.05) is 5.54 Å². The summed E-state index contributed by atoms with van der Waals surface area (Å²) in [6, 6.07) is 7.41. The Bertz CT molecular complexity index is 684. The van der Waals surface area contributed by atoms with Gasteiger partial charge in [0.1, 0.15) is 5.75 Å². The van der Waals surface area contributed by atoms with Crippen LogP contribution in [0.4, 0.5) is 0 Å². The Hall–Kier alpha value is -2.09. The van der Waals surface area contributed by atoms with Gasteiger partial charge in [0.05, 0.1) is 18.0 Å². The number of tetrazole rings is 1. The van der Waals surface area contributed by atoms with Gasteiger partial charge in [-0.2, -0.15) is 4.68 Å². The second-order valence-corrected chi connectivity index (χ2v) is 7.37. The van der Waals surface area contributed by atoms with Crippen molar-refractivity contribution < 1.29 is 9.53 Å². The number of hydrogen-bond donors (Lipinski definition) is 1. The molecule has 0 saturated heterocycles. The van der Waals surface area contributed by atoms with Crippen molar-refractivity contribution in [3.63, 3.8) is 0 Å². The summed E-state index contributed by atoms with van der Waals surface area (Å²) in [5.41, 5.74) is 0.582. The number of ether oxygens (including phenoxy) is 1. The van der Waals surface area contributed by atoms with Crippen molar-refractivity contribution in [1.82, 2.24) is 25.5 Å². The zero-order chi connectivity index (χ0) is 17.7. The molecule has 8 heteroatoms. The highest BCUT2D eigenvalue weighted by atomic mass is 32.2. The van der Waals surface area contributed by atoms with Crippen LogP contribution in [0.15, 0.2) is 29.4 Å². The predicted octanol–water partition coefficient (Wildman–Crippen LogP) is 2.46. The van der Waals surface area contributed by atoms with Crippen LogP contribution in [0.1, 0.15) is 34.1 Å². The first-order valence-corrected chi connectivity index (χ1v) is 8.65. The summed E-state index contributed by atoms with van der Waals surface area (Å²) in [6.07, 6.45) is 0.861. The average Bonchev–Trinajstić information content (AvgIpc) is 3.02. The Kier molecular flexibility index (Phi) is 5.82. The van der Waals surface area contributed by atoms with Crippen LogP contribution in [-0.2, 0) is 4.79 Å². The van der Waals surface area contributed by atoms with Gasteiger partial charge < -0.3 is 10.1 Å². The SMILES string of the molecule is CCC(C)(C)NC(=O)C(C)Sc1nnnn1-c1ccc(OC)cc1. The minimum Gasteiger partial charge on any atom is -0.497 e. The van der Waals surface area contributed by atoms with Gasteiger partial charge in [-0.3, -0.25) is 4.79 Å². The van der Waals surface area contributed by atoms with Crippen LogP contribution < -0.4 is 10.1 Å². The quantitative estimate of drug-likeness (QED) is 0.773. The molecule has 130 valence electrons. The van der Waals surface area contributed by atoms with Crippen molar-refractivity contribution in [2.24, 2.45) is 0 Å². The molecule has 2 rings (SSSR count). The second kappa shape index (κ2) is 7.65. The second-order valence-electron chi connectivity index (χ2n) is 6.06. The molecule has 0 spiro atoms. The normalized spacial score (nSPS) is 12.7. The number of methoxy groups -OCH3 is 1. The zero-order valence-corrected chi connectivity index (χ0v) is 15.4. The molecule has 24 heavy (non-hydrogen) atoms. The van der Waals surface area contributed by atoms with Crippen molar-refractivity contribution in [1.29, 1.82) is 0 Å². The number of aromatic nitrogens is 4. The van der Waals surface area contributed by atoms with Crippen molar-refractivity contribution in [3.8, 4) is 11.4 Å². The van der Waals surface area contributed by atoms with Crippen LogP contribution in [0.2, 0.25) is 0 Å². The highest BCUT2D eigenvalue weighted by Gasteiger charge is 2.24. The number of rotatable bonds is 7. The lowest BCUT2D eigenvalue weighted by atomic mass is 10.0. The predicted molar refractivity (Wildman–Crippen MR) is 93.5 cm³/mol. The molecule has 1 atom stereocenters. The molecule has 1 aromatic carbocycles. The Morgan fingerprint density at radius 1 is 1.38 bits per heavy atom. The molecule has 0 bridgehead atoms. The largest absolute Gasteiger partial charge is 0.497 e. The van der Waals surface area contributed by atoms with Gasteiger partial charge in [0.15, 0.2) is 0 Å². The summed E-state index contributed by atoms with van der Waals surface area (Å²) < 4.78 is 6.76. The molecular formula is C16H23N5O2S. The molecule has 0 aliphatic rings. The lowest BCUT2D eigenvalue weighted by Crippen LogP contribution is -2.46. The fourth-order valence-electron chi connectivity index (χ4n) is 1.87. The Morgan fingerprint density at radius 3 is 2.62 bits per heavy atom. The van der Waals surface area contributed by atoms with E-state index in [0.29, 0.717) is 5.16 Å². The molecule has 1 N–H and O–H groups in total. The van der Waals surface area contributed by atoms with E-state index in [1.165, 1.54) is 11.8 Å². The fraction of sp³-hybridized carbons (Fsp3) is 0.500. The van der Waals surface area contributed by atoms with E-state index in [2.05, 4.69) is 20.8 Å². The van der Waals surface area contributed by atoms with Crippen molar-refractivity contribution >= 4 is 17.7 Å². The monoisotopic (exact) mass is 349 g/mol.